The van der Waals surface area contributed by atoms with E-state index in [1.807, 2.05) is 24.3 Å². The van der Waals surface area contributed by atoms with Gasteiger partial charge in [-0.2, -0.15) is 0 Å². The van der Waals surface area contributed by atoms with E-state index in [0.29, 0.717) is 5.82 Å². The first kappa shape index (κ1) is 12.6. The Morgan fingerprint density at radius 3 is 2.67 bits per heavy atom. The predicted octanol–water partition coefficient (Wildman–Crippen LogP) is 2.90. The maximum Gasteiger partial charge on any atom is 0.143 e. The van der Waals surface area contributed by atoms with Crippen molar-refractivity contribution in [3.05, 3.63) is 36.3 Å². The Bertz CT molecular complexity index is 546. The zero-order valence-corrected chi connectivity index (χ0v) is 10.9. The maximum atomic E-state index is 5.74. The second kappa shape index (κ2) is 5.69. The fraction of sp³-hybridized carbons (Fsp3) is 0.231. The second-order valence-electron chi connectivity index (χ2n) is 3.56. The first-order valence-electron chi connectivity index (χ1n) is 5.38. The van der Waals surface area contributed by atoms with Gasteiger partial charge in [-0.3, -0.25) is 0 Å². The predicted molar refractivity (Wildman–Crippen MR) is 70.1 cm³/mol. The Kier molecular flexibility index (Phi) is 3.99. The fourth-order valence-corrected chi connectivity index (χ4v) is 1.76. The molecule has 0 saturated heterocycles. The lowest BCUT2D eigenvalue weighted by Crippen LogP contribution is -1.96. The molecule has 94 valence electrons. The van der Waals surface area contributed by atoms with E-state index in [9.17, 15) is 0 Å². The molecule has 1 heterocycles. The molecule has 1 aromatic heterocycles. The van der Waals surface area contributed by atoms with E-state index in [-0.39, 0.29) is 5.88 Å². The van der Waals surface area contributed by atoms with Crippen molar-refractivity contribution >= 4 is 11.6 Å². The highest BCUT2D eigenvalue weighted by Gasteiger charge is 2.09. The molecular weight excluding hydrogens is 252 g/mol. The molecule has 0 bridgehead atoms. The lowest BCUT2D eigenvalue weighted by atomic mass is 10.1. The number of aromatic nitrogens is 2. The third-order valence-corrected chi connectivity index (χ3v) is 2.75. The second-order valence-corrected chi connectivity index (χ2v) is 3.83. The molecule has 0 N–H and O–H groups in total. The monoisotopic (exact) mass is 264 g/mol. The third kappa shape index (κ3) is 2.54. The number of rotatable bonds is 4. The first-order chi connectivity index (χ1) is 8.78. The SMILES string of the molecule is COc1ccc(OC)c(-c2ccnc(CCl)n2)c1. The van der Waals surface area contributed by atoms with Gasteiger partial charge in [-0.15, -0.1) is 11.6 Å². The van der Waals surface area contributed by atoms with Crippen LogP contribution in [-0.4, -0.2) is 24.2 Å². The van der Waals surface area contributed by atoms with E-state index in [4.69, 9.17) is 21.1 Å². The summed E-state index contributed by atoms with van der Waals surface area (Å²) in [5, 5.41) is 0. The molecule has 0 radical (unpaired) electrons. The number of alkyl halides is 1. The van der Waals surface area contributed by atoms with Crippen LogP contribution in [0.25, 0.3) is 11.3 Å². The molecule has 2 aromatic rings. The van der Waals surface area contributed by atoms with Gasteiger partial charge in [0.25, 0.3) is 0 Å². The smallest absolute Gasteiger partial charge is 0.143 e. The zero-order valence-electron chi connectivity index (χ0n) is 10.2. The summed E-state index contributed by atoms with van der Waals surface area (Å²) >= 11 is 5.74. The summed E-state index contributed by atoms with van der Waals surface area (Å²) in [4.78, 5) is 8.43. The van der Waals surface area contributed by atoms with E-state index in [1.54, 1.807) is 20.4 Å². The van der Waals surface area contributed by atoms with Crippen LogP contribution in [0.5, 0.6) is 11.5 Å². The van der Waals surface area contributed by atoms with Crippen LogP contribution in [-0.2, 0) is 5.88 Å². The average molecular weight is 265 g/mol. The molecule has 4 nitrogen and oxygen atoms in total. The molecule has 0 fully saturated rings. The summed E-state index contributed by atoms with van der Waals surface area (Å²) in [5.41, 5.74) is 1.61. The molecule has 18 heavy (non-hydrogen) atoms. The summed E-state index contributed by atoms with van der Waals surface area (Å²) in [5.74, 6) is 2.34. The molecule has 0 atom stereocenters. The van der Waals surface area contributed by atoms with Crippen molar-refractivity contribution < 1.29 is 9.47 Å². The fourth-order valence-electron chi connectivity index (χ4n) is 1.63. The van der Waals surface area contributed by atoms with Crippen LogP contribution in [0, 0.1) is 0 Å². The molecule has 0 saturated carbocycles. The minimum absolute atomic E-state index is 0.278. The van der Waals surface area contributed by atoms with Crippen molar-refractivity contribution in [2.75, 3.05) is 14.2 Å². The van der Waals surface area contributed by atoms with E-state index in [0.717, 1.165) is 22.8 Å². The summed E-state index contributed by atoms with van der Waals surface area (Å²) in [6.45, 7) is 0. The highest BCUT2D eigenvalue weighted by molar-refractivity contribution is 6.16. The average Bonchev–Trinajstić information content (AvgIpc) is 2.46. The molecule has 1 aromatic carbocycles. The van der Waals surface area contributed by atoms with Gasteiger partial charge in [0.05, 0.1) is 25.8 Å². The number of benzene rings is 1. The molecule has 5 heteroatoms. The normalized spacial score (nSPS) is 10.2. The van der Waals surface area contributed by atoms with E-state index >= 15 is 0 Å². The van der Waals surface area contributed by atoms with Gasteiger partial charge in [0.1, 0.15) is 17.3 Å². The van der Waals surface area contributed by atoms with Crippen molar-refractivity contribution in [2.24, 2.45) is 0 Å². The largest absolute Gasteiger partial charge is 0.497 e. The van der Waals surface area contributed by atoms with Gasteiger partial charge in [-0.25, -0.2) is 9.97 Å². The highest BCUT2D eigenvalue weighted by Crippen LogP contribution is 2.32. The molecule has 0 spiro atoms. The Labute approximate surface area is 111 Å². The Balaban J connectivity index is 2.53. The van der Waals surface area contributed by atoms with E-state index in [1.165, 1.54) is 0 Å². The van der Waals surface area contributed by atoms with Gasteiger partial charge in [0.15, 0.2) is 0 Å². The standard InChI is InChI=1S/C13H13ClN2O2/c1-17-9-3-4-12(18-2)10(7-9)11-5-6-15-13(8-14)16-11/h3-7H,8H2,1-2H3. The maximum absolute atomic E-state index is 5.74. The zero-order chi connectivity index (χ0) is 13.0. The van der Waals surface area contributed by atoms with Crippen molar-refractivity contribution in [1.29, 1.82) is 0 Å². The van der Waals surface area contributed by atoms with Gasteiger partial charge in [-0.1, -0.05) is 0 Å². The van der Waals surface area contributed by atoms with E-state index in [2.05, 4.69) is 9.97 Å². The molecular formula is C13H13ClN2O2. The molecule has 0 amide bonds. The van der Waals surface area contributed by atoms with Crippen LogP contribution >= 0.6 is 11.6 Å². The minimum atomic E-state index is 0.278. The molecule has 0 aliphatic carbocycles. The number of nitrogens with zero attached hydrogens (tertiary/aromatic N) is 2. The van der Waals surface area contributed by atoms with Crippen LogP contribution in [0.1, 0.15) is 5.82 Å². The molecule has 0 unspecified atom stereocenters. The molecule has 2 rings (SSSR count). The number of hydrogen-bond acceptors (Lipinski definition) is 4. The Morgan fingerprint density at radius 2 is 2.00 bits per heavy atom. The van der Waals surface area contributed by atoms with Crippen molar-refractivity contribution in [3.8, 4) is 22.8 Å². The lowest BCUT2D eigenvalue weighted by Gasteiger charge is -2.10. The third-order valence-electron chi connectivity index (χ3n) is 2.51. The van der Waals surface area contributed by atoms with Crippen LogP contribution in [0.3, 0.4) is 0 Å². The summed E-state index contributed by atoms with van der Waals surface area (Å²) in [7, 11) is 3.24. The number of halogens is 1. The number of hydrogen-bond donors (Lipinski definition) is 0. The van der Waals surface area contributed by atoms with Crippen LogP contribution in [0.2, 0.25) is 0 Å². The summed E-state index contributed by atoms with van der Waals surface area (Å²) < 4.78 is 10.5. The number of ether oxygens (including phenoxy) is 2. The van der Waals surface area contributed by atoms with Gasteiger partial charge in [0, 0.05) is 11.8 Å². The highest BCUT2D eigenvalue weighted by atomic mass is 35.5. The first-order valence-corrected chi connectivity index (χ1v) is 5.92. The van der Waals surface area contributed by atoms with Crippen LogP contribution in [0.15, 0.2) is 30.5 Å². The van der Waals surface area contributed by atoms with Crippen LogP contribution in [0.4, 0.5) is 0 Å². The Morgan fingerprint density at radius 1 is 1.17 bits per heavy atom. The van der Waals surface area contributed by atoms with Crippen molar-refractivity contribution in [1.82, 2.24) is 9.97 Å². The minimum Gasteiger partial charge on any atom is -0.497 e. The van der Waals surface area contributed by atoms with Crippen LogP contribution < -0.4 is 9.47 Å². The number of methoxy groups -OCH3 is 2. The van der Waals surface area contributed by atoms with Crippen molar-refractivity contribution in [3.63, 3.8) is 0 Å². The lowest BCUT2D eigenvalue weighted by molar-refractivity contribution is 0.404. The summed E-state index contributed by atoms with van der Waals surface area (Å²) in [6, 6.07) is 7.37. The molecule has 0 aliphatic heterocycles. The van der Waals surface area contributed by atoms with Gasteiger partial charge in [0.2, 0.25) is 0 Å². The van der Waals surface area contributed by atoms with Crippen molar-refractivity contribution in [2.45, 2.75) is 5.88 Å². The van der Waals surface area contributed by atoms with Gasteiger partial charge in [-0.05, 0) is 24.3 Å². The quantitative estimate of drug-likeness (QED) is 0.797. The molecule has 0 aliphatic rings. The summed E-state index contributed by atoms with van der Waals surface area (Å²) in [6.07, 6.45) is 1.68. The van der Waals surface area contributed by atoms with E-state index < -0.39 is 0 Å². The topological polar surface area (TPSA) is 44.2 Å². The Hall–Kier alpha value is -1.81. The van der Waals surface area contributed by atoms with Gasteiger partial charge < -0.3 is 9.47 Å². The van der Waals surface area contributed by atoms with Gasteiger partial charge >= 0.3 is 0 Å².